The minimum Gasteiger partial charge on any atom is -0.461 e. The highest BCUT2D eigenvalue weighted by molar-refractivity contribution is 5.73. The van der Waals surface area contributed by atoms with E-state index >= 15 is 0 Å². The van der Waals surface area contributed by atoms with E-state index in [4.69, 9.17) is 10.00 Å². The molecule has 110 valence electrons. The maximum absolute atomic E-state index is 11.9. The summed E-state index contributed by atoms with van der Waals surface area (Å²) in [6.45, 7) is 3.81. The molecule has 1 fully saturated rings. The normalized spacial score (nSPS) is 15.9. The van der Waals surface area contributed by atoms with Gasteiger partial charge < -0.3 is 9.64 Å². The number of ether oxygens (including phenoxy) is 1. The van der Waals surface area contributed by atoms with Crippen molar-refractivity contribution in [3.05, 3.63) is 36.0 Å². The molecule has 5 heteroatoms. The number of anilines is 1. The Hall–Kier alpha value is -2.35. The lowest BCUT2D eigenvalue weighted by Crippen LogP contribution is -2.37. The average molecular weight is 285 g/mol. The van der Waals surface area contributed by atoms with Crippen LogP contribution in [0.15, 0.2) is 30.5 Å². The lowest BCUT2D eigenvalue weighted by atomic mass is 9.97. The maximum atomic E-state index is 11.9. The van der Waals surface area contributed by atoms with Crippen molar-refractivity contribution < 1.29 is 9.53 Å². The Morgan fingerprint density at radius 3 is 2.86 bits per heavy atom. The van der Waals surface area contributed by atoms with Gasteiger partial charge in [0.2, 0.25) is 0 Å². The number of hydrogen-bond donors (Lipinski definition) is 0. The molecule has 0 aromatic carbocycles. The zero-order valence-corrected chi connectivity index (χ0v) is 12.2. The van der Waals surface area contributed by atoms with Crippen molar-refractivity contribution in [3.63, 3.8) is 0 Å². The van der Waals surface area contributed by atoms with Gasteiger partial charge in [0.15, 0.2) is 0 Å². The smallest absolute Gasteiger partial charge is 0.309 e. The Kier molecular flexibility index (Phi) is 5.33. The topological polar surface area (TPSA) is 66.2 Å². The first-order valence-corrected chi connectivity index (χ1v) is 7.13. The molecule has 0 unspecified atom stereocenters. The molecule has 0 bridgehead atoms. The summed E-state index contributed by atoms with van der Waals surface area (Å²) >= 11 is 0. The SMILES string of the molecule is C/C=C\COC(=O)C1CCN(c2ccc(C#N)cn2)CC1. The molecule has 5 nitrogen and oxygen atoms in total. The van der Waals surface area contributed by atoms with E-state index in [-0.39, 0.29) is 11.9 Å². The summed E-state index contributed by atoms with van der Waals surface area (Å²) < 4.78 is 5.20. The third kappa shape index (κ3) is 4.06. The van der Waals surface area contributed by atoms with Crippen LogP contribution in [0, 0.1) is 17.2 Å². The number of piperidine rings is 1. The van der Waals surface area contributed by atoms with Crippen LogP contribution < -0.4 is 4.90 Å². The third-order valence-electron chi connectivity index (χ3n) is 3.59. The van der Waals surface area contributed by atoms with Crippen molar-refractivity contribution in [2.75, 3.05) is 24.6 Å². The standard InChI is InChI=1S/C16H19N3O2/c1-2-3-10-21-16(20)14-6-8-19(9-7-14)15-5-4-13(11-17)12-18-15/h2-5,12,14H,6-10H2,1H3/b3-2-. The quantitative estimate of drug-likeness (QED) is 0.627. The molecule has 0 atom stereocenters. The summed E-state index contributed by atoms with van der Waals surface area (Å²) in [5, 5.41) is 8.76. The summed E-state index contributed by atoms with van der Waals surface area (Å²) in [5.74, 6) is 0.722. The summed E-state index contributed by atoms with van der Waals surface area (Å²) in [6, 6.07) is 5.67. The number of nitrogens with zero attached hydrogens (tertiary/aromatic N) is 3. The van der Waals surface area contributed by atoms with Crippen LogP contribution in [0.5, 0.6) is 0 Å². The van der Waals surface area contributed by atoms with E-state index in [1.54, 1.807) is 12.3 Å². The van der Waals surface area contributed by atoms with Gasteiger partial charge in [-0.1, -0.05) is 12.2 Å². The molecule has 1 aliphatic rings. The lowest BCUT2D eigenvalue weighted by molar-refractivity contribution is -0.147. The fourth-order valence-corrected chi connectivity index (χ4v) is 2.33. The number of esters is 1. The van der Waals surface area contributed by atoms with Crippen molar-refractivity contribution in [1.82, 2.24) is 4.98 Å². The molecule has 0 amide bonds. The number of hydrogen-bond acceptors (Lipinski definition) is 5. The van der Waals surface area contributed by atoms with Gasteiger partial charge in [0.1, 0.15) is 18.5 Å². The Bertz CT molecular complexity index is 538. The number of rotatable bonds is 4. The molecule has 2 rings (SSSR count). The van der Waals surface area contributed by atoms with Crippen LogP contribution >= 0.6 is 0 Å². The van der Waals surface area contributed by atoms with Crippen molar-refractivity contribution in [1.29, 1.82) is 5.26 Å². The molecular formula is C16H19N3O2. The number of aromatic nitrogens is 1. The summed E-state index contributed by atoms with van der Waals surface area (Å²) in [5.41, 5.74) is 0.557. The molecule has 0 saturated carbocycles. The van der Waals surface area contributed by atoms with Crippen molar-refractivity contribution in [3.8, 4) is 6.07 Å². The van der Waals surface area contributed by atoms with Gasteiger partial charge in [0, 0.05) is 19.3 Å². The van der Waals surface area contributed by atoms with E-state index < -0.39 is 0 Å². The average Bonchev–Trinajstić information content (AvgIpc) is 2.55. The highest BCUT2D eigenvalue weighted by Gasteiger charge is 2.26. The highest BCUT2D eigenvalue weighted by Crippen LogP contribution is 2.22. The number of pyridine rings is 1. The first kappa shape index (κ1) is 15.0. The zero-order chi connectivity index (χ0) is 15.1. The third-order valence-corrected chi connectivity index (χ3v) is 3.59. The fourth-order valence-electron chi connectivity index (χ4n) is 2.33. The zero-order valence-electron chi connectivity index (χ0n) is 12.2. The molecule has 2 heterocycles. The van der Waals surface area contributed by atoms with Crippen LogP contribution in [0.4, 0.5) is 5.82 Å². The van der Waals surface area contributed by atoms with Crippen LogP contribution in [-0.4, -0.2) is 30.6 Å². The molecule has 1 aromatic rings. The fraction of sp³-hybridized carbons (Fsp3) is 0.438. The predicted molar refractivity (Wildman–Crippen MR) is 79.7 cm³/mol. The number of nitriles is 1. The van der Waals surface area contributed by atoms with Crippen molar-refractivity contribution in [2.45, 2.75) is 19.8 Å². The number of carbonyl (C=O) groups excluding carboxylic acids is 1. The molecule has 0 N–H and O–H groups in total. The van der Waals surface area contributed by atoms with Gasteiger partial charge in [-0.05, 0) is 31.9 Å². The van der Waals surface area contributed by atoms with E-state index in [1.165, 1.54) is 0 Å². The predicted octanol–water partition coefficient (Wildman–Crippen LogP) is 2.29. The minimum absolute atomic E-state index is 0.0233. The van der Waals surface area contributed by atoms with Crippen molar-refractivity contribution >= 4 is 11.8 Å². The van der Waals surface area contributed by atoms with Gasteiger partial charge in [-0.3, -0.25) is 4.79 Å². The van der Waals surface area contributed by atoms with Crippen LogP contribution in [0.3, 0.4) is 0 Å². The second kappa shape index (κ2) is 7.44. The molecule has 0 radical (unpaired) electrons. The van der Waals surface area contributed by atoms with Gasteiger partial charge in [0.25, 0.3) is 0 Å². The first-order valence-electron chi connectivity index (χ1n) is 7.13. The summed E-state index contributed by atoms with van der Waals surface area (Å²) in [6.07, 6.45) is 6.82. The lowest BCUT2D eigenvalue weighted by Gasteiger charge is -2.31. The number of carbonyl (C=O) groups is 1. The van der Waals surface area contributed by atoms with Crippen molar-refractivity contribution in [2.24, 2.45) is 5.92 Å². The highest BCUT2D eigenvalue weighted by atomic mass is 16.5. The molecular weight excluding hydrogens is 266 g/mol. The second-order valence-corrected chi connectivity index (χ2v) is 4.98. The Morgan fingerprint density at radius 1 is 1.52 bits per heavy atom. The first-order chi connectivity index (χ1) is 10.2. The van der Waals surface area contributed by atoms with E-state index in [0.29, 0.717) is 12.2 Å². The Morgan fingerprint density at radius 2 is 2.29 bits per heavy atom. The van der Waals surface area contributed by atoms with Gasteiger partial charge in [0.05, 0.1) is 11.5 Å². The van der Waals surface area contributed by atoms with Gasteiger partial charge in [-0.2, -0.15) is 5.26 Å². The van der Waals surface area contributed by atoms with E-state index in [9.17, 15) is 4.79 Å². The monoisotopic (exact) mass is 285 g/mol. The van der Waals surface area contributed by atoms with E-state index in [2.05, 4.69) is 16.0 Å². The van der Waals surface area contributed by atoms with E-state index in [0.717, 1.165) is 31.7 Å². The van der Waals surface area contributed by atoms with Crippen LogP contribution in [0.1, 0.15) is 25.3 Å². The second-order valence-electron chi connectivity index (χ2n) is 4.98. The summed E-state index contributed by atoms with van der Waals surface area (Å²) in [4.78, 5) is 18.3. The van der Waals surface area contributed by atoms with E-state index in [1.807, 2.05) is 25.1 Å². The molecule has 1 aromatic heterocycles. The van der Waals surface area contributed by atoms with Gasteiger partial charge in [-0.25, -0.2) is 4.98 Å². The van der Waals surface area contributed by atoms with Gasteiger partial charge in [-0.15, -0.1) is 0 Å². The molecule has 0 aliphatic carbocycles. The molecule has 1 saturated heterocycles. The summed E-state index contributed by atoms with van der Waals surface area (Å²) in [7, 11) is 0. The Labute approximate surface area is 124 Å². The van der Waals surface area contributed by atoms with Gasteiger partial charge >= 0.3 is 5.97 Å². The largest absolute Gasteiger partial charge is 0.461 e. The minimum atomic E-state index is -0.111. The van der Waals surface area contributed by atoms with Crippen LogP contribution in [0.25, 0.3) is 0 Å². The molecule has 21 heavy (non-hydrogen) atoms. The maximum Gasteiger partial charge on any atom is 0.309 e. The van der Waals surface area contributed by atoms with Crippen LogP contribution in [-0.2, 0) is 9.53 Å². The Balaban J connectivity index is 1.85. The van der Waals surface area contributed by atoms with Crippen LogP contribution in [0.2, 0.25) is 0 Å². The molecule has 0 spiro atoms. The number of allylic oxidation sites excluding steroid dienone is 1. The molecule has 1 aliphatic heterocycles.